The van der Waals surface area contributed by atoms with Crippen molar-refractivity contribution in [2.24, 2.45) is 5.73 Å². The molecule has 0 atom stereocenters. The molecule has 0 saturated carbocycles. The van der Waals surface area contributed by atoms with Crippen molar-refractivity contribution in [3.05, 3.63) is 35.5 Å². The molecule has 2 N–H and O–H groups in total. The molecule has 2 aromatic heterocycles. The topological polar surface area (TPSA) is 69.6 Å². The van der Waals surface area contributed by atoms with E-state index in [1.807, 2.05) is 4.68 Å². The summed E-state index contributed by atoms with van der Waals surface area (Å²) >= 11 is 0. The molecule has 17 heavy (non-hydrogen) atoms. The van der Waals surface area contributed by atoms with Crippen molar-refractivity contribution >= 4 is 0 Å². The molecule has 90 valence electrons. The van der Waals surface area contributed by atoms with Crippen molar-refractivity contribution in [1.29, 1.82) is 0 Å². The van der Waals surface area contributed by atoms with E-state index in [4.69, 9.17) is 5.73 Å². The Morgan fingerprint density at radius 1 is 1.18 bits per heavy atom. The average molecular weight is 231 g/mol. The van der Waals surface area contributed by atoms with Gasteiger partial charge in [0, 0.05) is 24.6 Å². The van der Waals surface area contributed by atoms with E-state index in [9.17, 15) is 0 Å². The highest BCUT2D eigenvalue weighted by Gasteiger charge is 2.12. The van der Waals surface area contributed by atoms with Crippen LogP contribution >= 0.6 is 0 Å². The molecule has 0 aliphatic heterocycles. The molecule has 0 amide bonds. The van der Waals surface area contributed by atoms with Crippen LogP contribution in [0.3, 0.4) is 0 Å². The number of rotatable bonds is 4. The Balaban J connectivity index is 2.54. The van der Waals surface area contributed by atoms with Crippen LogP contribution in [0, 0.1) is 0 Å². The SMILES string of the molecule is CCc1cc(CC)n(-c2nccnc2CN)n1. The highest BCUT2D eigenvalue weighted by Crippen LogP contribution is 2.14. The van der Waals surface area contributed by atoms with Gasteiger partial charge in [0.25, 0.3) is 0 Å². The molecular formula is C12H17N5. The summed E-state index contributed by atoms with van der Waals surface area (Å²) in [6.45, 7) is 4.56. The average Bonchev–Trinajstić information content (AvgIpc) is 2.81. The molecule has 2 aromatic rings. The van der Waals surface area contributed by atoms with E-state index in [1.165, 1.54) is 0 Å². The number of nitrogens with two attached hydrogens (primary N) is 1. The maximum atomic E-state index is 5.68. The molecule has 2 rings (SSSR count). The first kappa shape index (κ1) is 11.7. The summed E-state index contributed by atoms with van der Waals surface area (Å²) in [6.07, 6.45) is 5.15. The van der Waals surface area contributed by atoms with Gasteiger partial charge in [0.15, 0.2) is 5.82 Å². The fourth-order valence-corrected chi connectivity index (χ4v) is 1.76. The zero-order valence-electron chi connectivity index (χ0n) is 10.2. The first-order valence-corrected chi connectivity index (χ1v) is 5.88. The highest BCUT2D eigenvalue weighted by molar-refractivity contribution is 5.30. The Morgan fingerprint density at radius 3 is 2.59 bits per heavy atom. The van der Waals surface area contributed by atoms with Gasteiger partial charge in [-0.1, -0.05) is 13.8 Å². The van der Waals surface area contributed by atoms with Gasteiger partial charge in [0.1, 0.15) is 0 Å². The molecule has 5 nitrogen and oxygen atoms in total. The predicted octanol–water partition coefficient (Wildman–Crippen LogP) is 1.25. The minimum Gasteiger partial charge on any atom is -0.325 e. The van der Waals surface area contributed by atoms with Crippen molar-refractivity contribution in [3.63, 3.8) is 0 Å². The van der Waals surface area contributed by atoms with Crippen LogP contribution in [0.1, 0.15) is 30.9 Å². The van der Waals surface area contributed by atoms with Crippen LogP contribution < -0.4 is 5.73 Å². The van der Waals surface area contributed by atoms with Gasteiger partial charge in [-0.15, -0.1) is 0 Å². The molecule has 0 bridgehead atoms. The van der Waals surface area contributed by atoms with Crippen LogP contribution in [0.5, 0.6) is 0 Å². The van der Waals surface area contributed by atoms with E-state index in [0.29, 0.717) is 6.54 Å². The van der Waals surface area contributed by atoms with Gasteiger partial charge in [0.2, 0.25) is 0 Å². The third-order valence-electron chi connectivity index (χ3n) is 2.70. The monoisotopic (exact) mass is 231 g/mol. The van der Waals surface area contributed by atoms with Gasteiger partial charge in [-0.2, -0.15) is 5.10 Å². The largest absolute Gasteiger partial charge is 0.325 e. The van der Waals surface area contributed by atoms with E-state index in [1.54, 1.807) is 12.4 Å². The van der Waals surface area contributed by atoms with E-state index >= 15 is 0 Å². The summed E-state index contributed by atoms with van der Waals surface area (Å²) < 4.78 is 1.86. The van der Waals surface area contributed by atoms with Gasteiger partial charge < -0.3 is 5.73 Å². The first-order valence-electron chi connectivity index (χ1n) is 5.88. The molecule has 0 fully saturated rings. The first-order chi connectivity index (χ1) is 8.30. The maximum Gasteiger partial charge on any atom is 0.176 e. The Kier molecular flexibility index (Phi) is 3.49. The molecule has 0 radical (unpaired) electrons. The van der Waals surface area contributed by atoms with E-state index in [2.05, 4.69) is 35.0 Å². The Bertz CT molecular complexity index is 503. The summed E-state index contributed by atoms with van der Waals surface area (Å²) in [7, 11) is 0. The minimum absolute atomic E-state index is 0.369. The second-order valence-corrected chi connectivity index (χ2v) is 3.78. The fourth-order valence-electron chi connectivity index (χ4n) is 1.76. The zero-order valence-corrected chi connectivity index (χ0v) is 10.2. The van der Waals surface area contributed by atoms with Gasteiger partial charge in [-0.3, -0.25) is 4.98 Å². The molecule has 0 aliphatic rings. The molecular weight excluding hydrogens is 214 g/mol. The van der Waals surface area contributed by atoms with Crippen LogP contribution in [-0.4, -0.2) is 19.7 Å². The lowest BCUT2D eigenvalue weighted by molar-refractivity contribution is 0.747. The van der Waals surface area contributed by atoms with Crippen molar-refractivity contribution in [1.82, 2.24) is 19.7 Å². The maximum absolute atomic E-state index is 5.68. The van der Waals surface area contributed by atoms with Crippen LogP contribution in [0.4, 0.5) is 0 Å². The number of aromatic nitrogens is 4. The molecule has 2 heterocycles. The van der Waals surface area contributed by atoms with Crippen LogP contribution in [0.25, 0.3) is 5.82 Å². The van der Waals surface area contributed by atoms with Gasteiger partial charge >= 0.3 is 0 Å². The van der Waals surface area contributed by atoms with Crippen molar-refractivity contribution in [3.8, 4) is 5.82 Å². The molecule has 0 unspecified atom stereocenters. The molecule has 0 aromatic carbocycles. The summed E-state index contributed by atoms with van der Waals surface area (Å²) in [5, 5.41) is 4.54. The standard InChI is InChI=1S/C12H17N5/c1-3-9-7-10(4-2)17(16-9)12-11(8-13)14-5-6-15-12/h5-7H,3-4,8,13H2,1-2H3. The number of hydrogen-bond acceptors (Lipinski definition) is 4. The fraction of sp³-hybridized carbons (Fsp3) is 0.417. The lowest BCUT2D eigenvalue weighted by atomic mass is 10.2. The van der Waals surface area contributed by atoms with Crippen molar-refractivity contribution in [2.45, 2.75) is 33.2 Å². The molecule has 0 spiro atoms. The lowest BCUT2D eigenvalue weighted by Gasteiger charge is -2.07. The zero-order chi connectivity index (χ0) is 12.3. The number of hydrogen-bond donors (Lipinski definition) is 1. The molecule has 0 saturated heterocycles. The minimum atomic E-state index is 0.369. The van der Waals surface area contributed by atoms with Crippen LogP contribution in [0.15, 0.2) is 18.5 Å². The normalized spacial score (nSPS) is 10.8. The molecule has 0 aliphatic carbocycles. The van der Waals surface area contributed by atoms with Crippen LogP contribution in [0.2, 0.25) is 0 Å². The Hall–Kier alpha value is -1.75. The summed E-state index contributed by atoms with van der Waals surface area (Å²) in [5.41, 5.74) is 8.65. The van der Waals surface area contributed by atoms with Crippen LogP contribution in [-0.2, 0) is 19.4 Å². The summed E-state index contributed by atoms with van der Waals surface area (Å²) in [5.74, 6) is 0.742. The Labute approximate surface area is 101 Å². The third-order valence-corrected chi connectivity index (χ3v) is 2.70. The summed E-state index contributed by atoms with van der Waals surface area (Å²) in [4.78, 5) is 8.57. The Morgan fingerprint density at radius 2 is 1.94 bits per heavy atom. The highest BCUT2D eigenvalue weighted by atomic mass is 15.3. The van der Waals surface area contributed by atoms with E-state index < -0.39 is 0 Å². The molecule has 5 heteroatoms. The quantitative estimate of drug-likeness (QED) is 0.859. The van der Waals surface area contributed by atoms with Gasteiger partial charge in [0.05, 0.1) is 11.4 Å². The van der Waals surface area contributed by atoms with E-state index in [0.717, 1.165) is 35.7 Å². The number of aryl methyl sites for hydroxylation is 2. The third kappa shape index (κ3) is 2.19. The van der Waals surface area contributed by atoms with Gasteiger partial charge in [-0.25, -0.2) is 9.67 Å². The second kappa shape index (κ2) is 5.05. The smallest absolute Gasteiger partial charge is 0.176 e. The lowest BCUT2D eigenvalue weighted by Crippen LogP contribution is -2.11. The van der Waals surface area contributed by atoms with Crippen molar-refractivity contribution < 1.29 is 0 Å². The number of nitrogens with zero attached hydrogens (tertiary/aromatic N) is 4. The second-order valence-electron chi connectivity index (χ2n) is 3.78. The van der Waals surface area contributed by atoms with E-state index in [-0.39, 0.29) is 0 Å². The summed E-state index contributed by atoms with van der Waals surface area (Å²) in [6, 6.07) is 2.11. The predicted molar refractivity (Wildman–Crippen MR) is 65.8 cm³/mol. The van der Waals surface area contributed by atoms with Crippen molar-refractivity contribution in [2.75, 3.05) is 0 Å². The van der Waals surface area contributed by atoms with Gasteiger partial charge in [-0.05, 0) is 18.9 Å².